The van der Waals surface area contributed by atoms with Gasteiger partial charge in [0.25, 0.3) is 0 Å². The Morgan fingerprint density at radius 2 is 0.840 bits per heavy atom. The summed E-state index contributed by atoms with van der Waals surface area (Å²) >= 11 is 0. The number of ether oxygens (including phenoxy) is 5. The highest BCUT2D eigenvalue weighted by Gasteiger charge is 2.50. The predicted octanol–water partition coefficient (Wildman–Crippen LogP) is 16.0. The number of rotatable bonds is 53. The second kappa shape index (κ2) is 51.7. The van der Waals surface area contributed by atoms with Gasteiger partial charge in [-0.1, -0.05) is 256 Å². The molecule has 0 aromatic heterocycles. The molecule has 436 valence electrons. The van der Waals surface area contributed by atoms with Gasteiger partial charge in [0.2, 0.25) is 0 Å². The number of hydrogen-bond acceptors (Lipinski definition) is 11. The Labute approximate surface area is 457 Å². The summed E-state index contributed by atoms with van der Waals surface area (Å²) in [7, 11) is 0. The van der Waals surface area contributed by atoms with E-state index in [1.807, 2.05) is 0 Å². The zero-order chi connectivity index (χ0) is 54.7. The van der Waals surface area contributed by atoms with Crippen molar-refractivity contribution in [2.24, 2.45) is 0 Å². The highest BCUT2D eigenvalue weighted by Crippen LogP contribution is 2.27. The molecule has 0 bridgehead atoms. The summed E-state index contributed by atoms with van der Waals surface area (Å²) in [4.78, 5) is 51.2. The van der Waals surface area contributed by atoms with E-state index in [1.54, 1.807) is 0 Å². The quantitative estimate of drug-likeness (QED) is 0.0228. The zero-order valence-electron chi connectivity index (χ0n) is 48.1. The van der Waals surface area contributed by atoms with Crippen molar-refractivity contribution in [3.05, 3.63) is 36.5 Å². The minimum Gasteiger partial charge on any atom is -0.479 e. The number of hydrogen-bond donors (Lipinski definition) is 3. The minimum absolute atomic E-state index is 0.0626. The summed E-state index contributed by atoms with van der Waals surface area (Å²) in [6.45, 7) is 5.89. The molecule has 0 radical (unpaired) electrons. The first-order valence-corrected chi connectivity index (χ1v) is 31.0. The van der Waals surface area contributed by atoms with E-state index >= 15 is 0 Å². The molecule has 0 amide bonds. The molecule has 0 aliphatic carbocycles. The molecule has 0 saturated carbocycles. The third kappa shape index (κ3) is 41.7. The second-order valence-corrected chi connectivity index (χ2v) is 21.3. The molecule has 1 rings (SSSR count). The van der Waals surface area contributed by atoms with Crippen molar-refractivity contribution in [1.29, 1.82) is 0 Å². The van der Waals surface area contributed by atoms with Crippen LogP contribution in [0.4, 0.5) is 0 Å². The molecular formula is C63H112O12. The Morgan fingerprint density at radius 3 is 1.28 bits per heavy atom. The Morgan fingerprint density at radius 1 is 0.453 bits per heavy atom. The van der Waals surface area contributed by atoms with Gasteiger partial charge in [-0.05, 0) is 51.4 Å². The van der Waals surface area contributed by atoms with Crippen LogP contribution in [0.15, 0.2) is 36.5 Å². The summed E-state index contributed by atoms with van der Waals surface area (Å²) in [6, 6.07) is 0. The van der Waals surface area contributed by atoms with Crippen LogP contribution in [-0.2, 0) is 42.9 Å². The van der Waals surface area contributed by atoms with E-state index in [4.69, 9.17) is 23.7 Å². The van der Waals surface area contributed by atoms with Crippen molar-refractivity contribution >= 4 is 23.9 Å². The molecular weight excluding hydrogens is 949 g/mol. The van der Waals surface area contributed by atoms with Crippen molar-refractivity contribution in [2.75, 3.05) is 13.2 Å². The maximum Gasteiger partial charge on any atom is 0.335 e. The van der Waals surface area contributed by atoms with E-state index in [1.165, 1.54) is 148 Å². The lowest BCUT2D eigenvalue weighted by Crippen LogP contribution is -2.61. The predicted molar refractivity (Wildman–Crippen MR) is 303 cm³/mol. The van der Waals surface area contributed by atoms with Gasteiger partial charge < -0.3 is 39.0 Å². The number of carboxylic acid groups (broad SMARTS) is 1. The van der Waals surface area contributed by atoms with Crippen molar-refractivity contribution in [1.82, 2.24) is 0 Å². The lowest BCUT2D eigenvalue weighted by Gasteiger charge is -2.40. The van der Waals surface area contributed by atoms with Gasteiger partial charge in [0.05, 0.1) is 6.61 Å². The van der Waals surface area contributed by atoms with E-state index in [9.17, 15) is 34.5 Å². The summed E-state index contributed by atoms with van der Waals surface area (Å²) < 4.78 is 28.4. The third-order valence-electron chi connectivity index (χ3n) is 14.2. The lowest BCUT2D eigenvalue weighted by atomic mass is 9.98. The fourth-order valence-corrected chi connectivity index (χ4v) is 9.50. The highest BCUT2D eigenvalue weighted by atomic mass is 16.7. The first-order chi connectivity index (χ1) is 36.6. The summed E-state index contributed by atoms with van der Waals surface area (Å²) in [5.74, 6) is -3.13. The van der Waals surface area contributed by atoms with Crippen LogP contribution in [0, 0.1) is 0 Å². The van der Waals surface area contributed by atoms with Crippen molar-refractivity contribution in [3.63, 3.8) is 0 Å². The topological polar surface area (TPSA) is 175 Å². The molecule has 1 aliphatic rings. The number of unbranched alkanes of at least 4 members (excludes halogenated alkanes) is 33. The molecule has 1 aliphatic heterocycles. The molecule has 75 heavy (non-hydrogen) atoms. The number of carboxylic acids is 1. The van der Waals surface area contributed by atoms with Gasteiger partial charge in [0.15, 0.2) is 24.6 Å². The first kappa shape index (κ1) is 70.0. The molecule has 1 saturated heterocycles. The normalized spacial score (nSPS) is 18.3. The van der Waals surface area contributed by atoms with Gasteiger partial charge in [0, 0.05) is 19.3 Å². The Hall–Kier alpha value is -3.06. The summed E-state index contributed by atoms with van der Waals surface area (Å²) in [5, 5.41) is 31.5. The van der Waals surface area contributed by atoms with Crippen molar-refractivity contribution < 1.29 is 58.2 Å². The number of carbonyl (C=O) groups excluding carboxylic acids is 3. The third-order valence-corrected chi connectivity index (χ3v) is 14.2. The van der Waals surface area contributed by atoms with Gasteiger partial charge in [-0.2, -0.15) is 0 Å². The smallest absolute Gasteiger partial charge is 0.335 e. The average Bonchev–Trinajstić information content (AvgIpc) is 3.39. The van der Waals surface area contributed by atoms with Crippen LogP contribution in [0.1, 0.15) is 290 Å². The molecule has 0 aromatic carbocycles. The molecule has 1 heterocycles. The number of allylic oxidation sites excluding steroid dienone is 6. The van der Waals surface area contributed by atoms with Crippen LogP contribution >= 0.6 is 0 Å². The molecule has 0 spiro atoms. The van der Waals surface area contributed by atoms with Crippen LogP contribution in [0.2, 0.25) is 0 Å². The van der Waals surface area contributed by atoms with E-state index in [2.05, 4.69) is 57.2 Å². The first-order valence-electron chi connectivity index (χ1n) is 31.0. The average molecular weight is 1060 g/mol. The number of esters is 3. The Bertz CT molecular complexity index is 1450. The van der Waals surface area contributed by atoms with Gasteiger partial charge in [-0.15, -0.1) is 0 Å². The van der Waals surface area contributed by atoms with E-state index in [-0.39, 0.29) is 25.9 Å². The fraction of sp³-hybridized carbons (Fsp3) is 0.841. The number of carbonyl (C=O) groups is 4. The maximum atomic E-state index is 13.1. The van der Waals surface area contributed by atoms with Gasteiger partial charge in [0.1, 0.15) is 18.8 Å². The van der Waals surface area contributed by atoms with E-state index in [0.717, 1.165) is 83.5 Å². The number of aliphatic hydroxyl groups is 2. The summed E-state index contributed by atoms with van der Waals surface area (Å²) in [6.07, 6.45) is 48.3. The SMILES string of the molecule is CC/C=C\C/C=C\C/C=C\CCCCCC(=O)OC(COC(=O)CCCCCCCCCCCCCCCCCCC)COC1OC(C(=O)O)C(O)C(O)C1OC(=O)CCCCCCCCCCCCCCCCC. The maximum absolute atomic E-state index is 13.1. The molecule has 6 atom stereocenters. The van der Waals surface area contributed by atoms with E-state index in [0.29, 0.717) is 19.3 Å². The molecule has 6 unspecified atom stereocenters. The van der Waals surface area contributed by atoms with Crippen LogP contribution in [-0.4, -0.2) is 89.2 Å². The zero-order valence-corrected chi connectivity index (χ0v) is 48.1. The summed E-state index contributed by atoms with van der Waals surface area (Å²) in [5.41, 5.74) is 0. The van der Waals surface area contributed by atoms with Crippen molar-refractivity contribution in [2.45, 2.75) is 327 Å². The molecule has 12 heteroatoms. The Balaban J connectivity index is 2.66. The minimum atomic E-state index is -1.90. The monoisotopic (exact) mass is 1060 g/mol. The lowest BCUT2D eigenvalue weighted by molar-refractivity contribution is -0.301. The number of aliphatic carboxylic acids is 1. The standard InChI is InChI=1S/C63H112O12/c1-4-7-10-13-16-19-22-25-27-28-30-32-34-37-40-43-46-49-55(64)71-52-54(73-56(65)50-47-44-41-38-35-31-24-21-18-15-12-9-6-3)53-72-63-61(59(68)58(67)60(75-63)62(69)70)74-57(66)51-48-45-42-39-36-33-29-26-23-20-17-14-11-8-5-2/h9,12,18,21,31,35,54,58-61,63,67-68H,4-8,10-11,13-17,19-20,22-30,32-34,36-53H2,1-3H3,(H,69,70)/b12-9-,21-18-,35-31-. The molecule has 0 aromatic rings. The van der Waals surface area contributed by atoms with Crippen LogP contribution in [0.5, 0.6) is 0 Å². The van der Waals surface area contributed by atoms with Crippen LogP contribution in [0.3, 0.4) is 0 Å². The molecule has 3 N–H and O–H groups in total. The van der Waals surface area contributed by atoms with Gasteiger partial charge >= 0.3 is 23.9 Å². The van der Waals surface area contributed by atoms with Gasteiger partial charge in [-0.3, -0.25) is 14.4 Å². The van der Waals surface area contributed by atoms with Crippen molar-refractivity contribution in [3.8, 4) is 0 Å². The fourth-order valence-electron chi connectivity index (χ4n) is 9.50. The van der Waals surface area contributed by atoms with Crippen LogP contribution in [0.25, 0.3) is 0 Å². The Kier molecular flexibility index (Phi) is 48.2. The van der Waals surface area contributed by atoms with Crippen LogP contribution < -0.4 is 0 Å². The molecule has 1 fully saturated rings. The number of aliphatic hydroxyl groups excluding tert-OH is 2. The largest absolute Gasteiger partial charge is 0.479 e. The highest BCUT2D eigenvalue weighted by molar-refractivity contribution is 5.74. The molecule has 12 nitrogen and oxygen atoms in total. The van der Waals surface area contributed by atoms with Gasteiger partial charge in [-0.25, -0.2) is 4.79 Å². The second-order valence-electron chi connectivity index (χ2n) is 21.3. The van der Waals surface area contributed by atoms with E-state index < -0.39 is 67.3 Å².